The molecule has 0 aromatic carbocycles. The Balaban J connectivity index is -0.00000158. The van der Waals surface area contributed by atoms with Crippen molar-refractivity contribution in [1.29, 1.82) is 0 Å². The number of Topliss-reactive ketones (excluding diaryl/α,β-unsaturated/α-hetero) is 2. The standard InChI is InChI=1S/C23H38O2.2C2H6/c1-10-12-14-20(13-11-2)22(6,7)16-18(4)21(25)23(8,9)15-17(3)19(5)24;2*1-2/h11-14,17-18H,2,10,15-16H2,1,3-9H3;2*1-2H3/b14-12-,20-13+;;. The number of carbonyl (C=O) groups is 2. The highest BCUT2D eigenvalue weighted by atomic mass is 16.1. The summed E-state index contributed by atoms with van der Waals surface area (Å²) in [5, 5.41) is 0. The van der Waals surface area contributed by atoms with Crippen molar-refractivity contribution in [2.75, 3.05) is 0 Å². The summed E-state index contributed by atoms with van der Waals surface area (Å²) < 4.78 is 0. The van der Waals surface area contributed by atoms with Gasteiger partial charge in [0.15, 0.2) is 0 Å². The van der Waals surface area contributed by atoms with E-state index in [9.17, 15) is 9.59 Å². The molecule has 0 aliphatic rings. The average molecular weight is 407 g/mol. The van der Waals surface area contributed by atoms with Crippen LogP contribution >= 0.6 is 0 Å². The van der Waals surface area contributed by atoms with Gasteiger partial charge in [-0.25, -0.2) is 0 Å². The van der Waals surface area contributed by atoms with E-state index >= 15 is 0 Å². The van der Waals surface area contributed by atoms with Gasteiger partial charge in [-0.2, -0.15) is 0 Å². The van der Waals surface area contributed by atoms with Crippen LogP contribution in [0.3, 0.4) is 0 Å². The average Bonchev–Trinajstić information content (AvgIpc) is 2.66. The first-order valence-electron chi connectivity index (χ1n) is 11.4. The minimum absolute atomic E-state index is 0.0626. The third-order valence-corrected chi connectivity index (χ3v) is 5.05. The summed E-state index contributed by atoms with van der Waals surface area (Å²) in [7, 11) is 0. The fraction of sp³-hybridized carbons (Fsp3) is 0.704. The van der Waals surface area contributed by atoms with Crippen molar-refractivity contribution in [3.8, 4) is 0 Å². The van der Waals surface area contributed by atoms with E-state index in [1.54, 1.807) is 6.92 Å². The van der Waals surface area contributed by atoms with Gasteiger partial charge in [0.05, 0.1) is 0 Å². The molecule has 0 aliphatic carbocycles. The van der Waals surface area contributed by atoms with E-state index in [1.807, 2.05) is 67.5 Å². The first-order chi connectivity index (χ1) is 13.4. The van der Waals surface area contributed by atoms with Crippen LogP contribution in [0.2, 0.25) is 0 Å². The van der Waals surface area contributed by atoms with Gasteiger partial charge in [0.25, 0.3) is 0 Å². The first kappa shape index (κ1) is 32.2. The minimum Gasteiger partial charge on any atom is -0.300 e. The molecule has 0 aromatic heterocycles. The lowest BCUT2D eigenvalue weighted by atomic mass is 9.69. The Morgan fingerprint density at radius 3 is 1.72 bits per heavy atom. The number of rotatable bonds is 11. The fourth-order valence-electron chi connectivity index (χ4n) is 3.53. The molecule has 0 saturated heterocycles. The van der Waals surface area contributed by atoms with Crippen LogP contribution in [0.15, 0.2) is 36.5 Å². The van der Waals surface area contributed by atoms with Crippen LogP contribution in [-0.4, -0.2) is 11.6 Å². The van der Waals surface area contributed by atoms with E-state index in [4.69, 9.17) is 0 Å². The molecule has 2 atom stereocenters. The Morgan fingerprint density at radius 1 is 0.897 bits per heavy atom. The van der Waals surface area contributed by atoms with Crippen LogP contribution in [0, 0.1) is 22.7 Å². The van der Waals surface area contributed by atoms with Crippen molar-refractivity contribution < 1.29 is 9.59 Å². The van der Waals surface area contributed by atoms with Crippen molar-refractivity contribution in [2.45, 2.75) is 102 Å². The summed E-state index contributed by atoms with van der Waals surface area (Å²) >= 11 is 0. The Bertz CT molecular complexity index is 533. The maximum absolute atomic E-state index is 13.0. The van der Waals surface area contributed by atoms with Crippen LogP contribution in [0.5, 0.6) is 0 Å². The van der Waals surface area contributed by atoms with Crippen LogP contribution in [0.1, 0.15) is 102 Å². The van der Waals surface area contributed by atoms with Crippen molar-refractivity contribution in [3.63, 3.8) is 0 Å². The van der Waals surface area contributed by atoms with Crippen LogP contribution in [0.25, 0.3) is 0 Å². The molecule has 0 aromatic rings. The van der Waals surface area contributed by atoms with Crippen LogP contribution in [-0.2, 0) is 9.59 Å². The van der Waals surface area contributed by atoms with E-state index in [0.29, 0.717) is 6.42 Å². The normalized spacial score (nSPS) is 14.1. The first-order valence-corrected chi connectivity index (χ1v) is 11.4. The Hall–Kier alpha value is -1.44. The largest absolute Gasteiger partial charge is 0.300 e. The predicted molar refractivity (Wildman–Crippen MR) is 131 cm³/mol. The molecule has 0 aliphatic heterocycles. The van der Waals surface area contributed by atoms with Crippen molar-refractivity contribution >= 4 is 11.6 Å². The van der Waals surface area contributed by atoms with Crippen LogP contribution < -0.4 is 0 Å². The van der Waals surface area contributed by atoms with Gasteiger partial charge in [0.1, 0.15) is 11.6 Å². The summed E-state index contributed by atoms with van der Waals surface area (Å²) in [5.41, 5.74) is 0.596. The molecule has 0 N–H and O–H groups in total. The minimum atomic E-state index is -0.484. The van der Waals surface area contributed by atoms with E-state index in [-0.39, 0.29) is 28.8 Å². The fourth-order valence-corrected chi connectivity index (χ4v) is 3.53. The molecule has 170 valence electrons. The number of hydrogen-bond acceptors (Lipinski definition) is 2. The number of carbonyl (C=O) groups excluding carboxylic acids is 2. The van der Waals surface area contributed by atoms with Crippen LogP contribution in [0.4, 0.5) is 0 Å². The van der Waals surface area contributed by atoms with Gasteiger partial charge < -0.3 is 0 Å². The number of allylic oxidation sites excluding steroid dienone is 5. The molecule has 2 unspecified atom stereocenters. The Kier molecular flexibility index (Phi) is 18.2. The summed E-state index contributed by atoms with van der Waals surface area (Å²) in [6.07, 6.45) is 10.5. The second-order valence-electron chi connectivity index (χ2n) is 8.62. The highest BCUT2D eigenvalue weighted by Crippen LogP contribution is 2.38. The third kappa shape index (κ3) is 12.7. The summed E-state index contributed by atoms with van der Waals surface area (Å²) in [5.74, 6) is 0.246. The molecule has 0 bridgehead atoms. The van der Waals surface area contributed by atoms with Gasteiger partial charge in [-0.15, -0.1) is 0 Å². The van der Waals surface area contributed by atoms with E-state index in [1.165, 1.54) is 5.57 Å². The molecule has 0 saturated carbocycles. The molecule has 0 radical (unpaired) electrons. The zero-order valence-corrected chi connectivity index (χ0v) is 21.6. The molecular weight excluding hydrogens is 356 g/mol. The highest BCUT2D eigenvalue weighted by molar-refractivity contribution is 5.87. The third-order valence-electron chi connectivity index (χ3n) is 5.05. The molecule has 0 amide bonds. The quantitative estimate of drug-likeness (QED) is 0.323. The SMILES string of the molecule is C=C/C=C(\C=C/CC)C(C)(C)CC(C)C(=O)C(C)(C)CC(C)C(C)=O.CC.CC. The smallest absolute Gasteiger partial charge is 0.141 e. The number of hydrogen-bond donors (Lipinski definition) is 0. The molecule has 2 heteroatoms. The lowest BCUT2D eigenvalue weighted by molar-refractivity contribution is -0.133. The molecule has 29 heavy (non-hydrogen) atoms. The maximum atomic E-state index is 13.0. The van der Waals surface area contributed by atoms with Gasteiger partial charge in [-0.05, 0) is 37.2 Å². The van der Waals surface area contributed by atoms with Gasteiger partial charge in [0.2, 0.25) is 0 Å². The Morgan fingerprint density at radius 2 is 1.34 bits per heavy atom. The van der Waals surface area contributed by atoms with E-state index in [2.05, 4.69) is 39.5 Å². The monoisotopic (exact) mass is 406 g/mol. The van der Waals surface area contributed by atoms with Crippen molar-refractivity contribution in [3.05, 3.63) is 36.5 Å². The molecule has 0 rings (SSSR count). The van der Waals surface area contributed by atoms with Gasteiger partial charge in [0, 0.05) is 17.3 Å². The summed E-state index contributed by atoms with van der Waals surface area (Å²) in [4.78, 5) is 24.6. The highest BCUT2D eigenvalue weighted by Gasteiger charge is 2.36. The van der Waals surface area contributed by atoms with Crippen molar-refractivity contribution in [2.24, 2.45) is 22.7 Å². The van der Waals surface area contributed by atoms with Crippen molar-refractivity contribution in [1.82, 2.24) is 0 Å². The maximum Gasteiger partial charge on any atom is 0.141 e. The van der Waals surface area contributed by atoms with Gasteiger partial charge in [-0.1, -0.05) is 107 Å². The lowest BCUT2D eigenvalue weighted by Gasteiger charge is -2.34. The topological polar surface area (TPSA) is 34.1 Å². The molecule has 0 spiro atoms. The second-order valence-corrected chi connectivity index (χ2v) is 8.62. The molecule has 0 heterocycles. The summed E-state index contributed by atoms with van der Waals surface area (Å²) in [6.45, 7) is 27.7. The molecule has 2 nitrogen and oxygen atoms in total. The zero-order valence-electron chi connectivity index (χ0n) is 21.6. The Labute approximate surface area is 182 Å². The summed E-state index contributed by atoms with van der Waals surface area (Å²) in [6, 6.07) is 0. The van der Waals surface area contributed by atoms with Gasteiger partial charge in [-0.3, -0.25) is 9.59 Å². The predicted octanol–water partition coefficient (Wildman–Crippen LogP) is 8.38. The molecular formula is C27H50O2. The zero-order chi connectivity index (χ0) is 23.8. The van der Waals surface area contributed by atoms with E-state index < -0.39 is 5.41 Å². The lowest BCUT2D eigenvalue weighted by Crippen LogP contribution is -2.34. The number of ketones is 2. The van der Waals surface area contributed by atoms with E-state index in [0.717, 1.165) is 12.8 Å². The van der Waals surface area contributed by atoms with Gasteiger partial charge >= 0.3 is 0 Å². The second kappa shape index (κ2) is 16.4. The molecule has 0 fully saturated rings.